The fourth-order valence-electron chi connectivity index (χ4n) is 1.74. The highest BCUT2D eigenvalue weighted by Crippen LogP contribution is 2.48. The topological polar surface area (TPSA) is 55.2 Å². The van der Waals surface area contributed by atoms with E-state index in [1.165, 1.54) is 0 Å². The van der Waals surface area contributed by atoms with Crippen molar-refractivity contribution < 1.29 is 4.92 Å². The van der Waals surface area contributed by atoms with Gasteiger partial charge in [0.15, 0.2) is 0 Å². The summed E-state index contributed by atoms with van der Waals surface area (Å²) in [5.41, 5.74) is 0.571. The Morgan fingerprint density at radius 3 is 2.10 bits per heavy atom. The maximum absolute atomic E-state index is 11.2. The number of halogens is 4. The molecule has 0 aliphatic heterocycles. The van der Waals surface area contributed by atoms with E-state index in [2.05, 4.69) is 5.32 Å². The standard InChI is InChI=1S/C13H8Cl4N2O2/c14-8-9(15)11(17)13(19(20)21)12(10(8)16)18-6-7-4-2-1-3-5-7/h1-5,18H,6H2. The van der Waals surface area contributed by atoms with E-state index in [-0.39, 0.29) is 25.8 Å². The quantitative estimate of drug-likeness (QED) is 0.321. The molecule has 2 aromatic carbocycles. The Hall–Kier alpha value is -1.20. The smallest absolute Gasteiger partial charge is 0.313 e. The van der Waals surface area contributed by atoms with E-state index in [1.54, 1.807) is 0 Å². The minimum atomic E-state index is -0.649. The summed E-state index contributed by atoms with van der Waals surface area (Å²) in [6.45, 7) is 0.329. The number of rotatable bonds is 4. The highest BCUT2D eigenvalue weighted by Gasteiger charge is 2.28. The summed E-state index contributed by atoms with van der Waals surface area (Å²) in [4.78, 5) is 10.5. The summed E-state index contributed by atoms with van der Waals surface area (Å²) in [5.74, 6) is 0. The first kappa shape index (κ1) is 16.2. The predicted octanol–water partition coefficient (Wildman–Crippen LogP) is 5.82. The molecule has 0 radical (unpaired) electrons. The number of nitrogens with one attached hydrogen (secondary N) is 1. The summed E-state index contributed by atoms with van der Waals surface area (Å²) in [6.07, 6.45) is 0. The fraction of sp³-hybridized carbons (Fsp3) is 0.0769. The lowest BCUT2D eigenvalue weighted by molar-refractivity contribution is -0.383. The maximum atomic E-state index is 11.2. The average Bonchev–Trinajstić information content (AvgIpc) is 2.48. The zero-order chi connectivity index (χ0) is 15.6. The summed E-state index contributed by atoms with van der Waals surface area (Å²) >= 11 is 23.7. The first-order valence-electron chi connectivity index (χ1n) is 5.71. The van der Waals surface area contributed by atoms with E-state index in [4.69, 9.17) is 46.4 Å². The third-order valence-corrected chi connectivity index (χ3v) is 4.53. The third kappa shape index (κ3) is 3.35. The molecule has 2 aromatic rings. The summed E-state index contributed by atoms with van der Waals surface area (Å²) in [6, 6.07) is 9.32. The van der Waals surface area contributed by atoms with Crippen molar-refractivity contribution in [2.75, 3.05) is 5.32 Å². The monoisotopic (exact) mass is 364 g/mol. The Kier molecular flexibility index (Phi) is 5.17. The molecule has 1 N–H and O–H groups in total. The van der Waals surface area contributed by atoms with E-state index in [0.717, 1.165) is 5.56 Å². The van der Waals surface area contributed by atoms with Crippen LogP contribution in [0.1, 0.15) is 5.56 Å². The van der Waals surface area contributed by atoms with Crippen molar-refractivity contribution in [3.63, 3.8) is 0 Å². The van der Waals surface area contributed by atoms with Crippen molar-refractivity contribution in [3.8, 4) is 0 Å². The van der Waals surface area contributed by atoms with E-state index < -0.39 is 10.6 Å². The van der Waals surface area contributed by atoms with Crippen molar-refractivity contribution in [3.05, 3.63) is 66.1 Å². The minimum Gasteiger partial charge on any atom is -0.374 e. The van der Waals surface area contributed by atoms with Gasteiger partial charge < -0.3 is 5.32 Å². The van der Waals surface area contributed by atoms with Crippen LogP contribution in [0.2, 0.25) is 20.1 Å². The van der Waals surface area contributed by atoms with Gasteiger partial charge in [0.25, 0.3) is 0 Å². The normalized spacial score (nSPS) is 10.5. The molecule has 4 nitrogen and oxygen atoms in total. The van der Waals surface area contributed by atoms with Crippen LogP contribution in [-0.2, 0) is 6.54 Å². The Morgan fingerprint density at radius 1 is 0.952 bits per heavy atom. The van der Waals surface area contributed by atoms with Gasteiger partial charge >= 0.3 is 5.69 Å². The lowest BCUT2D eigenvalue weighted by Gasteiger charge is -2.12. The second-order valence-corrected chi connectivity index (χ2v) is 5.59. The van der Waals surface area contributed by atoms with Gasteiger partial charge in [-0.25, -0.2) is 0 Å². The SMILES string of the molecule is O=[N+]([O-])c1c(Cl)c(Cl)c(Cl)c(Cl)c1NCc1ccccc1. The summed E-state index contributed by atoms with van der Waals surface area (Å²) < 4.78 is 0. The van der Waals surface area contributed by atoms with E-state index in [9.17, 15) is 10.1 Å². The van der Waals surface area contributed by atoms with Crippen LogP contribution in [0.25, 0.3) is 0 Å². The highest BCUT2D eigenvalue weighted by molar-refractivity contribution is 6.53. The van der Waals surface area contributed by atoms with Gasteiger partial charge in [0.05, 0.1) is 20.0 Å². The fourth-order valence-corrected chi connectivity index (χ4v) is 2.72. The molecule has 110 valence electrons. The molecule has 0 amide bonds. The molecule has 0 fully saturated rings. The predicted molar refractivity (Wildman–Crippen MR) is 86.9 cm³/mol. The zero-order valence-corrected chi connectivity index (χ0v) is 13.4. The number of hydrogen-bond donors (Lipinski definition) is 1. The van der Waals surface area contributed by atoms with Crippen LogP contribution in [0.15, 0.2) is 30.3 Å². The Bertz CT molecular complexity index is 693. The van der Waals surface area contributed by atoms with Crippen molar-refractivity contribution in [2.45, 2.75) is 6.54 Å². The molecule has 0 aliphatic rings. The molecule has 0 aliphatic carbocycles. The van der Waals surface area contributed by atoms with E-state index in [1.807, 2.05) is 30.3 Å². The van der Waals surface area contributed by atoms with Gasteiger partial charge in [0.1, 0.15) is 10.7 Å². The molecule has 0 bridgehead atoms. The van der Waals surface area contributed by atoms with Gasteiger partial charge in [-0.2, -0.15) is 0 Å². The molecule has 0 heterocycles. The molecule has 8 heteroatoms. The van der Waals surface area contributed by atoms with Gasteiger partial charge in [-0.15, -0.1) is 0 Å². The highest BCUT2D eigenvalue weighted by atomic mass is 35.5. The second-order valence-electron chi connectivity index (χ2n) is 4.08. The molecule has 21 heavy (non-hydrogen) atoms. The zero-order valence-electron chi connectivity index (χ0n) is 10.4. The van der Waals surface area contributed by atoms with Gasteiger partial charge in [-0.05, 0) is 5.56 Å². The lowest BCUT2D eigenvalue weighted by atomic mass is 10.2. The van der Waals surface area contributed by atoms with Crippen LogP contribution in [-0.4, -0.2) is 4.92 Å². The van der Waals surface area contributed by atoms with Crippen molar-refractivity contribution in [1.29, 1.82) is 0 Å². The van der Waals surface area contributed by atoms with Crippen molar-refractivity contribution >= 4 is 57.8 Å². The lowest BCUT2D eigenvalue weighted by Crippen LogP contribution is -2.04. The number of hydrogen-bond acceptors (Lipinski definition) is 3. The average molecular weight is 366 g/mol. The number of anilines is 1. The van der Waals surface area contributed by atoms with E-state index >= 15 is 0 Å². The second kappa shape index (κ2) is 6.71. The van der Waals surface area contributed by atoms with Crippen LogP contribution in [0.4, 0.5) is 11.4 Å². The van der Waals surface area contributed by atoms with Crippen LogP contribution in [0.3, 0.4) is 0 Å². The first-order valence-corrected chi connectivity index (χ1v) is 7.22. The molecule has 2 rings (SSSR count). The van der Waals surface area contributed by atoms with E-state index in [0.29, 0.717) is 6.54 Å². The maximum Gasteiger partial charge on any atom is 0.313 e. The van der Waals surface area contributed by atoms with Crippen molar-refractivity contribution in [1.82, 2.24) is 0 Å². The molecular weight excluding hydrogens is 358 g/mol. The molecule has 0 unspecified atom stereocenters. The number of nitro groups is 1. The third-order valence-electron chi connectivity index (χ3n) is 2.74. The van der Waals surface area contributed by atoms with Gasteiger partial charge in [-0.1, -0.05) is 76.7 Å². The molecule has 0 aromatic heterocycles. The molecule has 0 saturated heterocycles. The summed E-state index contributed by atoms with van der Waals surface area (Å²) in [7, 11) is 0. The first-order chi connectivity index (χ1) is 9.93. The minimum absolute atomic E-state index is 0.0236. The van der Waals surface area contributed by atoms with Crippen LogP contribution < -0.4 is 5.32 Å². The van der Waals surface area contributed by atoms with Crippen LogP contribution in [0, 0.1) is 10.1 Å². The molecule has 0 atom stereocenters. The Balaban J connectivity index is 2.45. The number of nitrogens with zero attached hydrogens (tertiary/aromatic N) is 1. The number of benzene rings is 2. The van der Waals surface area contributed by atoms with Gasteiger partial charge in [0, 0.05) is 6.54 Å². The molecule has 0 spiro atoms. The largest absolute Gasteiger partial charge is 0.374 e. The molecular formula is C13H8Cl4N2O2. The van der Waals surface area contributed by atoms with Gasteiger partial charge in [0.2, 0.25) is 0 Å². The number of nitro benzene ring substituents is 1. The molecule has 0 saturated carbocycles. The Labute approximate surface area is 140 Å². The van der Waals surface area contributed by atoms with Crippen LogP contribution in [0.5, 0.6) is 0 Å². The van der Waals surface area contributed by atoms with Crippen molar-refractivity contribution in [2.24, 2.45) is 0 Å². The Morgan fingerprint density at radius 2 is 1.52 bits per heavy atom. The van der Waals surface area contributed by atoms with Crippen LogP contribution >= 0.6 is 46.4 Å². The summed E-state index contributed by atoms with van der Waals surface area (Å²) in [5, 5.41) is 13.6. The van der Waals surface area contributed by atoms with Gasteiger partial charge in [-0.3, -0.25) is 10.1 Å².